The molecule has 0 fully saturated rings. The second-order valence-corrected chi connectivity index (χ2v) is 6.50. The summed E-state index contributed by atoms with van der Waals surface area (Å²) in [5.74, 6) is -1.15. The Bertz CT molecular complexity index is 954. The molecule has 0 bridgehead atoms. The van der Waals surface area contributed by atoms with Gasteiger partial charge < -0.3 is 10.1 Å². The number of esters is 1. The van der Waals surface area contributed by atoms with Crippen molar-refractivity contribution in [3.8, 4) is 0 Å². The maximum atomic E-state index is 13.1. The standard InChI is InChI=1S/C23H19NO3/c25-22(24-15-16-9-3-1-4-10-16)20-18-13-7-8-14-19(18)23(26)27-21(20)17-11-5-2-6-12-17/h1-14,20-21H,15H2,(H,24,25). The quantitative estimate of drug-likeness (QED) is 0.718. The molecule has 0 radical (unpaired) electrons. The molecule has 1 aliphatic heterocycles. The number of ether oxygens (including phenoxy) is 1. The first-order chi connectivity index (χ1) is 13.2. The van der Waals surface area contributed by atoms with Crippen LogP contribution in [0.15, 0.2) is 84.9 Å². The van der Waals surface area contributed by atoms with Crippen LogP contribution >= 0.6 is 0 Å². The van der Waals surface area contributed by atoms with Gasteiger partial charge >= 0.3 is 5.97 Å². The molecule has 0 saturated heterocycles. The number of carbonyl (C=O) groups excluding carboxylic acids is 2. The second kappa shape index (κ2) is 7.46. The average Bonchev–Trinajstić information content (AvgIpc) is 2.73. The van der Waals surface area contributed by atoms with Crippen molar-refractivity contribution in [2.45, 2.75) is 18.6 Å². The smallest absolute Gasteiger partial charge is 0.339 e. The number of cyclic esters (lactones) is 1. The van der Waals surface area contributed by atoms with Gasteiger partial charge in [0, 0.05) is 6.54 Å². The molecule has 1 aliphatic rings. The normalized spacial score (nSPS) is 18.3. The van der Waals surface area contributed by atoms with E-state index in [1.807, 2.05) is 72.8 Å². The Morgan fingerprint density at radius 3 is 2.22 bits per heavy atom. The van der Waals surface area contributed by atoms with E-state index in [2.05, 4.69) is 5.32 Å². The first kappa shape index (κ1) is 17.0. The van der Waals surface area contributed by atoms with Crippen LogP contribution in [-0.2, 0) is 16.1 Å². The first-order valence-corrected chi connectivity index (χ1v) is 8.90. The predicted octanol–water partition coefficient (Wildman–Crippen LogP) is 4.00. The zero-order chi connectivity index (χ0) is 18.6. The van der Waals surface area contributed by atoms with Gasteiger partial charge in [-0.3, -0.25) is 4.79 Å². The van der Waals surface area contributed by atoms with E-state index in [4.69, 9.17) is 4.74 Å². The van der Waals surface area contributed by atoms with Crippen LogP contribution in [0.5, 0.6) is 0 Å². The van der Waals surface area contributed by atoms with Crippen molar-refractivity contribution in [2.24, 2.45) is 0 Å². The molecule has 2 atom stereocenters. The highest BCUT2D eigenvalue weighted by atomic mass is 16.5. The van der Waals surface area contributed by atoms with Gasteiger partial charge in [-0.1, -0.05) is 78.9 Å². The van der Waals surface area contributed by atoms with Crippen LogP contribution < -0.4 is 5.32 Å². The summed E-state index contributed by atoms with van der Waals surface area (Å²) >= 11 is 0. The van der Waals surface area contributed by atoms with Crippen molar-refractivity contribution in [1.82, 2.24) is 5.32 Å². The third-order valence-corrected chi connectivity index (χ3v) is 4.77. The minimum atomic E-state index is -0.649. The van der Waals surface area contributed by atoms with E-state index < -0.39 is 18.0 Å². The lowest BCUT2D eigenvalue weighted by molar-refractivity contribution is -0.126. The number of hydrogen-bond acceptors (Lipinski definition) is 3. The van der Waals surface area contributed by atoms with Crippen LogP contribution in [0.25, 0.3) is 0 Å². The molecule has 1 N–H and O–H groups in total. The van der Waals surface area contributed by atoms with Crippen LogP contribution in [0.2, 0.25) is 0 Å². The Balaban J connectivity index is 1.67. The van der Waals surface area contributed by atoms with Crippen molar-refractivity contribution in [3.63, 3.8) is 0 Å². The number of benzene rings is 3. The fraction of sp³-hybridized carbons (Fsp3) is 0.130. The van der Waals surface area contributed by atoms with E-state index in [0.29, 0.717) is 17.7 Å². The van der Waals surface area contributed by atoms with Gasteiger partial charge in [-0.2, -0.15) is 0 Å². The van der Waals surface area contributed by atoms with Gasteiger partial charge in [-0.25, -0.2) is 4.79 Å². The number of rotatable bonds is 4. The summed E-state index contributed by atoms with van der Waals surface area (Å²) in [6, 6.07) is 26.3. The first-order valence-electron chi connectivity index (χ1n) is 8.90. The summed E-state index contributed by atoms with van der Waals surface area (Å²) in [6.07, 6.45) is -0.649. The third-order valence-electron chi connectivity index (χ3n) is 4.77. The van der Waals surface area contributed by atoms with Crippen molar-refractivity contribution in [3.05, 3.63) is 107 Å². The summed E-state index contributed by atoms with van der Waals surface area (Å²) in [6.45, 7) is 0.424. The molecular formula is C23H19NO3. The Morgan fingerprint density at radius 2 is 1.48 bits per heavy atom. The monoisotopic (exact) mass is 357 g/mol. The van der Waals surface area contributed by atoms with E-state index in [9.17, 15) is 9.59 Å². The van der Waals surface area contributed by atoms with E-state index in [1.54, 1.807) is 12.1 Å². The molecule has 2 unspecified atom stereocenters. The summed E-state index contributed by atoms with van der Waals surface area (Å²) in [5, 5.41) is 2.99. The van der Waals surface area contributed by atoms with Crippen LogP contribution in [0.1, 0.15) is 39.1 Å². The largest absolute Gasteiger partial charge is 0.453 e. The van der Waals surface area contributed by atoms with Crippen LogP contribution in [-0.4, -0.2) is 11.9 Å². The molecule has 0 saturated carbocycles. The lowest BCUT2D eigenvalue weighted by atomic mass is 9.83. The molecule has 1 heterocycles. The Kier molecular flexibility index (Phi) is 4.71. The van der Waals surface area contributed by atoms with Gasteiger partial charge in [0.05, 0.1) is 5.56 Å². The highest BCUT2D eigenvalue weighted by molar-refractivity contribution is 5.97. The van der Waals surface area contributed by atoms with E-state index in [1.165, 1.54) is 0 Å². The SMILES string of the molecule is O=C1OC(c2ccccc2)C(C(=O)NCc2ccccc2)c2ccccc21. The van der Waals surface area contributed by atoms with Gasteiger partial charge in [0.15, 0.2) is 0 Å². The van der Waals surface area contributed by atoms with Gasteiger partial charge in [0.1, 0.15) is 12.0 Å². The zero-order valence-electron chi connectivity index (χ0n) is 14.7. The summed E-state index contributed by atoms with van der Waals surface area (Å²) in [4.78, 5) is 25.6. The average molecular weight is 357 g/mol. The summed E-state index contributed by atoms with van der Waals surface area (Å²) < 4.78 is 5.68. The fourth-order valence-corrected chi connectivity index (χ4v) is 3.44. The Morgan fingerprint density at radius 1 is 0.852 bits per heavy atom. The van der Waals surface area contributed by atoms with Gasteiger partial charge in [0.2, 0.25) is 5.91 Å². The van der Waals surface area contributed by atoms with Crippen LogP contribution in [0.4, 0.5) is 0 Å². The van der Waals surface area contributed by atoms with Crippen molar-refractivity contribution in [1.29, 1.82) is 0 Å². The third kappa shape index (κ3) is 3.47. The van der Waals surface area contributed by atoms with E-state index >= 15 is 0 Å². The molecule has 4 nitrogen and oxygen atoms in total. The Hall–Kier alpha value is -3.40. The zero-order valence-corrected chi connectivity index (χ0v) is 14.7. The molecule has 4 heteroatoms. The molecule has 3 aromatic rings. The number of nitrogens with one attached hydrogen (secondary N) is 1. The van der Waals surface area contributed by atoms with Crippen molar-refractivity contribution >= 4 is 11.9 Å². The number of carbonyl (C=O) groups is 2. The minimum Gasteiger partial charge on any atom is -0.453 e. The Labute approximate surface area is 157 Å². The molecule has 3 aromatic carbocycles. The topological polar surface area (TPSA) is 55.4 Å². The second-order valence-electron chi connectivity index (χ2n) is 6.50. The highest BCUT2D eigenvalue weighted by Crippen LogP contribution is 2.40. The van der Waals surface area contributed by atoms with E-state index in [0.717, 1.165) is 11.1 Å². The predicted molar refractivity (Wildman–Crippen MR) is 102 cm³/mol. The minimum absolute atomic E-state index is 0.160. The molecule has 134 valence electrons. The van der Waals surface area contributed by atoms with Gasteiger partial charge in [-0.05, 0) is 22.8 Å². The van der Waals surface area contributed by atoms with Gasteiger partial charge in [-0.15, -0.1) is 0 Å². The molecule has 27 heavy (non-hydrogen) atoms. The van der Waals surface area contributed by atoms with Gasteiger partial charge in [0.25, 0.3) is 0 Å². The molecule has 0 aliphatic carbocycles. The fourth-order valence-electron chi connectivity index (χ4n) is 3.44. The molecule has 4 rings (SSSR count). The summed E-state index contributed by atoms with van der Waals surface area (Å²) in [7, 11) is 0. The highest BCUT2D eigenvalue weighted by Gasteiger charge is 2.40. The van der Waals surface area contributed by atoms with E-state index in [-0.39, 0.29) is 5.91 Å². The molecular weight excluding hydrogens is 338 g/mol. The molecule has 0 spiro atoms. The maximum Gasteiger partial charge on any atom is 0.339 e. The summed E-state index contributed by atoms with van der Waals surface area (Å²) in [5.41, 5.74) is 2.97. The lowest BCUT2D eigenvalue weighted by Crippen LogP contribution is -2.37. The maximum absolute atomic E-state index is 13.1. The number of amides is 1. The number of fused-ring (bicyclic) bond motifs is 1. The molecule has 0 aromatic heterocycles. The number of hydrogen-bond donors (Lipinski definition) is 1. The van der Waals surface area contributed by atoms with Crippen LogP contribution in [0, 0.1) is 0 Å². The van der Waals surface area contributed by atoms with Crippen LogP contribution in [0.3, 0.4) is 0 Å². The molecule has 1 amide bonds. The lowest BCUT2D eigenvalue weighted by Gasteiger charge is -2.32. The van der Waals surface area contributed by atoms with Crippen molar-refractivity contribution < 1.29 is 14.3 Å². The van der Waals surface area contributed by atoms with Crippen molar-refractivity contribution in [2.75, 3.05) is 0 Å².